The minimum Gasteiger partial charge on any atom is -1.00 e. The molecule has 0 nitrogen and oxygen atoms in total. The Morgan fingerprint density at radius 1 is 0.241 bits per heavy atom. The molecule has 10 radical (unpaired) electrons. The second-order valence-electron chi connectivity index (χ2n) is 14.3. The summed E-state index contributed by atoms with van der Waals surface area (Å²) in [7, 11) is 0. The van der Waals surface area contributed by atoms with Crippen molar-refractivity contribution < 1.29 is 82.1 Å². The van der Waals surface area contributed by atoms with Gasteiger partial charge in [0.25, 0.3) is 0 Å². The third-order valence-corrected chi connectivity index (χ3v) is 11.5. The van der Waals surface area contributed by atoms with Gasteiger partial charge in [-0.25, -0.2) is 0 Å². The Morgan fingerprint density at radius 2 is 0.389 bits per heavy atom. The first-order valence-corrected chi connectivity index (χ1v) is 18.6. The average Bonchev–Trinajstić information content (AvgIpc) is 3.92. The minimum atomic E-state index is 0. The van der Waals surface area contributed by atoms with Crippen LogP contribution in [0.4, 0.5) is 0 Å². The van der Waals surface area contributed by atoms with E-state index in [2.05, 4.69) is 118 Å². The third kappa shape index (κ3) is 15.3. The summed E-state index contributed by atoms with van der Waals surface area (Å²) >= 11 is 0. The number of aryl methyl sites for hydroxylation is 4. The smallest absolute Gasteiger partial charge is 1.00 e. The van der Waals surface area contributed by atoms with Crippen molar-refractivity contribution >= 4 is 0 Å². The van der Waals surface area contributed by atoms with Gasteiger partial charge in [0.05, 0.1) is 0 Å². The van der Waals surface area contributed by atoms with Gasteiger partial charge in [-0.15, -0.1) is 0 Å². The quantitative estimate of drug-likeness (QED) is 0.139. The fourth-order valence-corrected chi connectivity index (χ4v) is 7.12. The van der Waals surface area contributed by atoms with E-state index in [1.54, 1.807) is 11.1 Å². The Bertz CT molecular complexity index is 1480. The number of rotatable bonds is 9. The van der Waals surface area contributed by atoms with Crippen molar-refractivity contribution in [2.75, 3.05) is 0 Å². The van der Waals surface area contributed by atoms with E-state index in [4.69, 9.17) is 0 Å². The van der Waals surface area contributed by atoms with Gasteiger partial charge in [-0.2, -0.15) is 0 Å². The average molecular weight is 1030 g/mol. The van der Waals surface area contributed by atoms with Crippen LogP contribution in [0, 0.1) is 133 Å². The van der Waals surface area contributed by atoms with Gasteiger partial charge in [-0.05, 0) is 261 Å². The van der Waals surface area contributed by atoms with E-state index in [9.17, 15) is 0 Å². The molecule has 54 heavy (non-hydrogen) atoms. The second kappa shape index (κ2) is 27.1. The summed E-state index contributed by atoms with van der Waals surface area (Å²) in [5, 5.41) is 0. The van der Waals surface area contributed by atoms with Gasteiger partial charge < -0.3 is 48.0 Å². The van der Waals surface area contributed by atoms with Crippen molar-refractivity contribution in [1.29, 1.82) is 0 Å². The van der Waals surface area contributed by atoms with Crippen molar-refractivity contribution in [3.63, 3.8) is 0 Å². The van der Waals surface area contributed by atoms with Gasteiger partial charge in [0, 0.05) is 0 Å². The van der Waals surface area contributed by atoms with E-state index in [1.165, 1.54) is 77.9 Å². The maximum Gasteiger partial charge on any atom is 2.00 e. The van der Waals surface area contributed by atoms with Crippen LogP contribution in [0.5, 0.6) is 0 Å². The monoisotopic (exact) mass is 1030 g/mol. The van der Waals surface area contributed by atoms with Crippen LogP contribution in [0.15, 0.2) is 48.5 Å². The maximum atomic E-state index is 2.34. The molecule has 0 saturated heterocycles. The molecule has 0 aromatic heterocycles. The summed E-state index contributed by atoms with van der Waals surface area (Å²) in [5.74, 6) is 0. The SMILES string of the molecule is Cc1c(C)c(C)c(CCc2ccc(CCc3ccc(CCc4c(C)c(C)c(C)c(C)c4C)cc3)cc2)c(C)c1C.[CH]1[CH][CH][CH][CH]1.[CH]1[CH][CH][CH][CH]1.[Fe+2].[Fe+2].[I-].[I-]. The number of benzene rings is 4. The molecule has 288 valence electrons. The number of hydrogen-bond donors (Lipinski definition) is 0. The van der Waals surface area contributed by atoms with E-state index < -0.39 is 0 Å². The molecule has 0 amide bonds. The van der Waals surface area contributed by atoms with Crippen LogP contribution in [-0.4, -0.2) is 0 Å². The van der Waals surface area contributed by atoms with Crippen molar-refractivity contribution in [2.45, 2.75) is 108 Å². The Morgan fingerprint density at radius 3 is 0.574 bits per heavy atom. The molecule has 0 spiro atoms. The van der Waals surface area contributed by atoms with E-state index in [1.807, 2.05) is 64.2 Å². The fourth-order valence-electron chi connectivity index (χ4n) is 7.12. The van der Waals surface area contributed by atoms with E-state index in [-0.39, 0.29) is 82.1 Å². The molecule has 2 saturated carbocycles. The van der Waals surface area contributed by atoms with Crippen LogP contribution in [0.2, 0.25) is 0 Å². The summed E-state index contributed by atoms with van der Waals surface area (Å²) in [6.07, 6.45) is 26.6. The first-order valence-electron chi connectivity index (χ1n) is 18.6. The molecule has 0 N–H and O–H groups in total. The Kier molecular flexibility index (Phi) is 26.8. The minimum absolute atomic E-state index is 0. The fraction of sp³-hybridized carbons (Fsp3) is 0.320. The molecule has 2 aliphatic carbocycles. The van der Waals surface area contributed by atoms with Crippen LogP contribution in [0.1, 0.15) is 89.0 Å². The van der Waals surface area contributed by atoms with Crippen LogP contribution in [-0.2, 0) is 72.7 Å². The molecule has 4 aromatic rings. The number of hydrogen-bond acceptors (Lipinski definition) is 0. The first-order chi connectivity index (χ1) is 24.0. The summed E-state index contributed by atoms with van der Waals surface area (Å²) in [5.41, 5.74) is 23.5. The zero-order valence-corrected chi connectivity index (χ0v) is 40.6. The van der Waals surface area contributed by atoms with Crippen LogP contribution >= 0.6 is 0 Å². The molecule has 0 heterocycles. The normalized spacial score (nSPS) is 12.9. The zero-order valence-electron chi connectivity index (χ0n) is 34.1. The standard InChI is InChI=1S/C40H50.2C5H5.2Fe.2HI/c1-25-27(3)31(7)39(32(8)28(25)4)23-21-37-17-13-35(14-18-37)11-12-36-15-19-38(20-16-36)22-24-40-33(9)29(5)26(2)30(6)34(40)10;2*1-2-4-5-3-1;;;;/h13-20H,11-12,21-24H2,1-10H3;2*1-5H;;;2*1H/q;;;2*+2;;/p-2. The summed E-state index contributed by atoms with van der Waals surface area (Å²) in [6, 6.07) is 18.7. The van der Waals surface area contributed by atoms with Gasteiger partial charge >= 0.3 is 34.1 Å². The van der Waals surface area contributed by atoms with Crippen LogP contribution < -0.4 is 48.0 Å². The number of halogens is 2. The summed E-state index contributed by atoms with van der Waals surface area (Å²) < 4.78 is 0. The van der Waals surface area contributed by atoms with Gasteiger partial charge in [0.1, 0.15) is 0 Å². The second-order valence-corrected chi connectivity index (χ2v) is 14.3. The van der Waals surface area contributed by atoms with Crippen molar-refractivity contribution in [3.05, 3.63) is 202 Å². The van der Waals surface area contributed by atoms with Crippen LogP contribution in [0.25, 0.3) is 0 Å². The molecule has 0 aliphatic heterocycles. The van der Waals surface area contributed by atoms with E-state index in [0.717, 1.165) is 38.5 Å². The molecule has 4 heteroatoms. The zero-order chi connectivity index (χ0) is 36.2. The molecule has 6 rings (SSSR count). The molecular formula is C50H60Fe2I2+2. The van der Waals surface area contributed by atoms with Crippen molar-refractivity contribution in [2.24, 2.45) is 0 Å². The topological polar surface area (TPSA) is 0 Å². The summed E-state index contributed by atoms with van der Waals surface area (Å²) in [6.45, 7) is 22.8. The predicted octanol–water partition coefficient (Wildman–Crippen LogP) is 6.17. The van der Waals surface area contributed by atoms with Gasteiger partial charge in [0.15, 0.2) is 0 Å². The van der Waals surface area contributed by atoms with Crippen molar-refractivity contribution in [3.8, 4) is 0 Å². The first kappa shape index (κ1) is 53.4. The largest absolute Gasteiger partial charge is 2.00 e. The van der Waals surface area contributed by atoms with E-state index in [0.29, 0.717) is 0 Å². The van der Waals surface area contributed by atoms with Crippen LogP contribution in [0.3, 0.4) is 0 Å². The van der Waals surface area contributed by atoms with Crippen molar-refractivity contribution in [1.82, 2.24) is 0 Å². The summed E-state index contributed by atoms with van der Waals surface area (Å²) in [4.78, 5) is 0. The molecule has 0 bridgehead atoms. The maximum absolute atomic E-state index is 2.34. The van der Waals surface area contributed by atoms with E-state index >= 15 is 0 Å². The molecule has 2 fully saturated rings. The predicted molar refractivity (Wildman–Crippen MR) is 218 cm³/mol. The Hall–Kier alpha value is -0.621. The van der Waals surface area contributed by atoms with Gasteiger partial charge in [-0.1, -0.05) is 48.5 Å². The molecule has 4 aromatic carbocycles. The van der Waals surface area contributed by atoms with Gasteiger partial charge in [0.2, 0.25) is 0 Å². The molecule has 2 aliphatic rings. The molecular weight excluding hydrogens is 966 g/mol. The Labute approximate surface area is 388 Å². The van der Waals surface area contributed by atoms with Gasteiger partial charge in [-0.3, -0.25) is 0 Å². The molecule has 0 unspecified atom stereocenters. The molecule has 0 atom stereocenters. The third-order valence-electron chi connectivity index (χ3n) is 11.5. The Balaban J connectivity index is 0.00000174.